The zero-order valence-electron chi connectivity index (χ0n) is 14.5. The van der Waals surface area contributed by atoms with Gasteiger partial charge in [-0.05, 0) is 42.5 Å². The third kappa shape index (κ3) is 3.50. The Bertz CT molecular complexity index is 1090. The molecule has 4 aromatic rings. The quantitative estimate of drug-likeness (QED) is 0.517. The van der Waals surface area contributed by atoms with Gasteiger partial charge < -0.3 is 15.0 Å². The van der Waals surface area contributed by atoms with E-state index in [1.54, 1.807) is 37.4 Å². The number of imidazole rings is 1. The van der Waals surface area contributed by atoms with Gasteiger partial charge in [-0.2, -0.15) is 0 Å². The highest BCUT2D eigenvalue weighted by Gasteiger charge is 2.10. The molecule has 0 saturated carbocycles. The van der Waals surface area contributed by atoms with Crippen LogP contribution in [0.4, 0.5) is 5.69 Å². The van der Waals surface area contributed by atoms with Crippen molar-refractivity contribution in [3.8, 4) is 17.1 Å². The van der Waals surface area contributed by atoms with Crippen molar-refractivity contribution < 1.29 is 9.53 Å². The van der Waals surface area contributed by atoms with Gasteiger partial charge in [0.15, 0.2) is 0 Å². The summed E-state index contributed by atoms with van der Waals surface area (Å²) in [4.78, 5) is 20.3. The number of hydrogen-bond acceptors (Lipinski definition) is 3. The molecular weight excluding hydrogens is 362 g/mol. The first-order valence-corrected chi connectivity index (χ1v) is 8.72. The van der Waals surface area contributed by atoms with E-state index in [0.29, 0.717) is 22.0 Å². The summed E-state index contributed by atoms with van der Waals surface area (Å²) in [6.45, 7) is 0. The van der Waals surface area contributed by atoms with Gasteiger partial charge >= 0.3 is 0 Å². The van der Waals surface area contributed by atoms with Crippen LogP contribution in [0.3, 0.4) is 0 Å². The normalized spacial score (nSPS) is 10.7. The van der Waals surface area contributed by atoms with Crippen LogP contribution in [0, 0.1) is 0 Å². The van der Waals surface area contributed by atoms with Crippen LogP contribution in [0.2, 0.25) is 5.02 Å². The van der Waals surface area contributed by atoms with Crippen molar-refractivity contribution in [2.45, 2.75) is 0 Å². The topological polar surface area (TPSA) is 67.0 Å². The number of carbonyl (C=O) groups excluding carboxylic acids is 1. The van der Waals surface area contributed by atoms with Crippen molar-refractivity contribution in [2.75, 3.05) is 12.4 Å². The summed E-state index contributed by atoms with van der Waals surface area (Å²) in [6, 6.07) is 20.2. The third-order valence-electron chi connectivity index (χ3n) is 4.22. The van der Waals surface area contributed by atoms with Gasteiger partial charge in [-0.25, -0.2) is 4.98 Å². The number of hydrogen-bond donors (Lipinski definition) is 2. The Balaban J connectivity index is 1.53. The van der Waals surface area contributed by atoms with Gasteiger partial charge in [-0.15, -0.1) is 0 Å². The first kappa shape index (κ1) is 17.1. The van der Waals surface area contributed by atoms with Crippen molar-refractivity contribution in [1.29, 1.82) is 0 Å². The summed E-state index contributed by atoms with van der Waals surface area (Å²) in [5.41, 5.74) is 3.95. The minimum Gasteiger partial charge on any atom is -0.495 e. The minimum absolute atomic E-state index is 0.215. The maximum absolute atomic E-state index is 12.5. The molecule has 0 atom stereocenters. The number of anilines is 1. The van der Waals surface area contributed by atoms with Gasteiger partial charge in [0, 0.05) is 16.8 Å². The van der Waals surface area contributed by atoms with E-state index in [9.17, 15) is 4.79 Å². The SMILES string of the molecule is COc1ccc(NC(=O)c2ccc(-c3nc4ccccc4[nH]3)cc2)cc1Cl. The highest BCUT2D eigenvalue weighted by Crippen LogP contribution is 2.27. The number of halogens is 1. The minimum atomic E-state index is -0.215. The Kier molecular flexibility index (Phi) is 4.52. The Labute approximate surface area is 161 Å². The molecule has 0 aliphatic carbocycles. The highest BCUT2D eigenvalue weighted by molar-refractivity contribution is 6.32. The van der Waals surface area contributed by atoms with E-state index in [-0.39, 0.29) is 5.91 Å². The van der Waals surface area contributed by atoms with E-state index in [2.05, 4.69) is 15.3 Å². The number of fused-ring (bicyclic) bond motifs is 1. The lowest BCUT2D eigenvalue weighted by molar-refractivity contribution is 0.102. The van der Waals surface area contributed by atoms with Crippen LogP contribution in [0.1, 0.15) is 10.4 Å². The van der Waals surface area contributed by atoms with E-state index in [0.717, 1.165) is 22.4 Å². The van der Waals surface area contributed by atoms with Crippen molar-refractivity contribution in [1.82, 2.24) is 9.97 Å². The Morgan fingerprint density at radius 1 is 1.07 bits per heavy atom. The number of carbonyl (C=O) groups is 1. The van der Waals surface area contributed by atoms with Crippen LogP contribution in [0.5, 0.6) is 5.75 Å². The second-order valence-corrected chi connectivity index (χ2v) is 6.39. The molecule has 134 valence electrons. The Hall–Kier alpha value is -3.31. The van der Waals surface area contributed by atoms with Gasteiger partial charge in [0.1, 0.15) is 11.6 Å². The summed E-state index contributed by atoms with van der Waals surface area (Å²) in [6.07, 6.45) is 0. The number of aromatic amines is 1. The molecule has 0 saturated heterocycles. The summed E-state index contributed by atoms with van der Waals surface area (Å²) in [7, 11) is 1.54. The molecule has 0 unspecified atom stereocenters. The van der Waals surface area contributed by atoms with Gasteiger partial charge in [0.2, 0.25) is 0 Å². The number of H-pyrrole nitrogens is 1. The molecule has 0 bridgehead atoms. The average Bonchev–Trinajstić information content (AvgIpc) is 3.12. The molecule has 0 spiro atoms. The Morgan fingerprint density at radius 3 is 2.56 bits per heavy atom. The molecule has 1 aromatic heterocycles. The lowest BCUT2D eigenvalue weighted by Crippen LogP contribution is -2.11. The van der Waals surface area contributed by atoms with Crippen LogP contribution < -0.4 is 10.1 Å². The predicted molar refractivity (Wildman–Crippen MR) is 107 cm³/mol. The van der Waals surface area contributed by atoms with E-state index in [4.69, 9.17) is 16.3 Å². The van der Waals surface area contributed by atoms with Crippen molar-refractivity contribution in [3.05, 3.63) is 77.3 Å². The summed E-state index contributed by atoms with van der Waals surface area (Å²) >= 11 is 6.09. The van der Waals surface area contributed by atoms with Crippen LogP contribution >= 0.6 is 11.6 Å². The number of nitrogens with zero attached hydrogens (tertiary/aromatic N) is 1. The molecule has 1 amide bonds. The molecule has 1 heterocycles. The molecular formula is C21H16ClN3O2. The molecule has 5 nitrogen and oxygen atoms in total. The summed E-state index contributed by atoms with van der Waals surface area (Å²) in [5, 5.41) is 3.27. The zero-order valence-corrected chi connectivity index (χ0v) is 15.2. The first-order chi connectivity index (χ1) is 13.1. The average molecular weight is 378 g/mol. The molecule has 3 aromatic carbocycles. The number of rotatable bonds is 4. The maximum Gasteiger partial charge on any atom is 0.255 e. The molecule has 4 rings (SSSR count). The highest BCUT2D eigenvalue weighted by atomic mass is 35.5. The molecule has 0 aliphatic heterocycles. The number of benzene rings is 3. The van der Waals surface area contributed by atoms with Crippen LogP contribution in [-0.4, -0.2) is 23.0 Å². The van der Waals surface area contributed by atoms with Crippen LogP contribution in [0.15, 0.2) is 66.7 Å². The van der Waals surface area contributed by atoms with Crippen molar-refractivity contribution in [2.24, 2.45) is 0 Å². The number of amides is 1. The van der Waals surface area contributed by atoms with Crippen molar-refractivity contribution >= 4 is 34.2 Å². The van der Waals surface area contributed by atoms with Gasteiger partial charge in [-0.1, -0.05) is 35.9 Å². The fourth-order valence-electron chi connectivity index (χ4n) is 2.82. The van der Waals surface area contributed by atoms with E-state index < -0.39 is 0 Å². The molecule has 27 heavy (non-hydrogen) atoms. The standard InChI is InChI=1S/C21H16ClN3O2/c1-27-19-11-10-15(12-16(19)22)23-21(26)14-8-6-13(7-9-14)20-24-17-4-2-3-5-18(17)25-20/h2-12H,1H3,(H,23,26)(H,24,25). The predicted octanol–water partition coefficient (Wildman–Crippen LogP) is 5.14. The Morgan fingerprint density at radius 2 is 1.85 bits per heavy atom. The smallest absolute Gasteiger partial charge is 0.255 e. The number of aromatic nitrogens is 2. The fraction of sp³-hybridized carbons (Fsp3) is 0.0476. The molecule has 0 radical (unpaired) electrons. The van der Waals surface area contributed by atoms with E-state index >= 15 is 0 Å². The van der Waals surface area contributed by atoms with Gasteiger partial charge in [-0.3, -0.25) is 4.79 Å². The zero-order chi connectivity index (χ0) is 18.8. The molecule has 6 heteroatoms. The lowest BCUT2D eigenvalue weighted by Gasteiger charge is -2.08. The van der Waals surface area contributed by atoms with Crippen molar-refractivity contribution in [3.63, 3.8) is 0 Å². The summed E-state index contributed by atoms with van der Waals surface area (Å²) in [5.74, 6) is 1.11. The number of methoxy groups -OCH3 is 1. The molecule has 0 fully saturated rings. The van der Waals surface area contributed by atoms with E-state index in [1.807, 2.05) is 36.4 Å². The number of nitrogens with one attached hydrogen (secondary N) is 2. The largest absolute Gasteiger partial charge is 0.495 e. The lowest BCUT2D eigenvalue weighted by atomic mass is 10.1. The first-order valence-electron chi connectivity index (χ1n) is 8.34. The van der Waals surface area contributed by atoms with Crippen LogP contribution in [-0.2, 0) is 0 Å². The molecule has 2 N–H and O–H groups in total. The van der Waals surface area contributed by atoms with Gasteiger partial charge in [0.25, 0.3) is 5.91 Å². The maximum atomic E-state index is 12.5. The number of para-hydroxylation sites is 2. The summed E-state index contributed by atoms with van der Waals surface area (Å²) < 4.78 is 5.11. The third-order valence-corrected chi connectivity index (χ3v) is 4.51. The van der Waals surface area contributed by atoms with Gasteiger partial charge in [0.05, 0.1) is 23.2 Å². The van der Waals surface area contributed by atoms with E-state index in [1.165, 1.54) is 0 Å². The fourth-order valence-corrected chi connectivity index (χ4v) is 3.07. The monoisotopic (exact) mass is 377 g/mol. The van der Waals surface area contributed by atoms with Crippen LogP contribution in [0.25, 0.3) is 22.4 Å². The molecule has 0 aliphatic rings. The number of ether oxygens (including phenoxy) is 1. The second kappa shape index (κ2) is 7.13. The second-order valence-electron chi connectivity index (χ2n) is 5.98.